The number of nitrogens with zero attached hydrogens (tertiary/aromatic N) is 1. The lowest BCUT2D eigenvalue weighted by molar-refractivity contribution is 0.211. The molecule has 0 spiro atoms. The van der Waals surface area contributed by atoms with Crippen molar-refractivity contribution in [1.29, 1.82) is 0 Å². The van der Waals surface area contributed by atoms with Crippen molar-refractivity contribution in [2.24, 2.45) is 0 Å². The monoisotopic (exact) mass is 265 g/mol. The van der Waals surface area contributed by atoms with Gasteiger partial charge >= 0.3 is 0 Å². The van der Waals surface area contributed by atoms with E-state index >= 15 is 0 Å². The molecule has 0 saturated heterocycles. The number of rotatable bonds is 2. The second kappa shape index (κ2) is 5.54. The summed E-state index contributed by atoms with van der Waals surface area (Å²) in [7, 11) is 0. The Kier molecular flexibility index (Phi) is 4.23. The van der Waals surface area contributed by atoms with Crippen LogP contribution in [0.3, 0.4) is 0 Å². The van der Waals surface area contributed by atoms with E-state index in [1.807, 2.05) is 6.08 Å². The van der Waals surface area contributed by atoms with Gasteiger partial charge in [0.2, 0.25) is 0 Å². The smallest absolute Gasteiger partial charge is 0.0969 e. The molecule has 0 aliphatic heterocycles. The second-order valence-electron chi connectivity index (χ2n) is 6.19. The SMILES string of the molecule is CC(C)(C)c1csc(CC2=CC(O)CCCC2)n1. The van der Waals surface area contributed by atoms with Gasteiger partial charge in [0.05, 0.1) is 16.8 Å². The van der Waals surface area contributed by atoms with Gasteiger partial charge in [-0.2, -0.15) is 0 Å². The molecule has 1 N–H and O–H groups in total. The largest absolute Gasteiger partial charge is 0.389 e. The molecule has 2 nitrogen and oxygen atoms in total. The molecule has 0 radical (unpaired) electrons. The summed E-state index contributed by atoms with van der Waals surface area (Å²) >= 11 is 1.74. The van der Waals surface area contributed by atoms with Gasteiger partial charge in [0.15, 0.2) is 0 Å². The van der Waals surface area contributed by atoms with Crippen molar-refractivity contribution in [2.75, 3.05) is 0 Å². The number of hydrogen-bond acceptors (Lipinski definition) is 3. The summed E-state index contributed by atoms with van der Waals surface area (Å²) in [5.41, 5.74) is 2.67. The van der Waals surface area contributed by atoms with Crippen molar-refractivity contribution in [3.63, 3.8) is 0 Å². The quantitative estimate of drug-likeness (QED) is 0.824. The summed E-state index contributed by atoms with van der Waals surface area (Å²) in [6.07, 6.45) is 7.07. The summed E-state index contributed by atoms with van der Waals surface area (Å²) in [5.74, 6) is 0. The minimum Gasteiger partial charge on any atom is -0.389 e. The Bertz CT molecular complexity index is 428. The highest BCUT2D eigenvalue weighted by molar-refractivity contribution is 7.09. The normalized spacial score (nSPS) is 21.6. The molecule has 1 aliphatic carbocycles. The maximum Gasteiger partial charge on any atom is 0.0969 e. The van der Waals surface area contributed by atoms with Crippen LogP contribution in [-0.4, -0.2) is 16.2 Å². The highest BCUT2D eigenvalue weighted by Crippen LogP contribution is 2.27. The van der Waals surface area contributed by atoms with Gasteiger partial charge in [0.1, 0.15) is 0 Å². The Morgan fingerprint density at radius 3 is 2.83 bits per heavy atom. The number of thiazole rings is 1. The maximum absolute atomic E-state index is 9.78. The van der Waals surface area contributed by atoms with Crippen LogP contribution < -0.4 is 0 Å². The first-order chi connectivity index (χ1) is 8.45. The molecule has 1 aliphatic rings. The standard InChI is InChI=1S/C15H23NOS/c1-15(2,3)13-10-18-14(16-13)9-11-6-4-5-7-12(17)8-11/h8,10,12,17H,4-7,9H2,1-3H3. The van der Waals surface area contributed by atoms with Crippen LogP contribution in [0, 0.1) is 0 Å². The molecule has 1 unspecified atom stereocenters. The first-order valence-electron chi connectivity index (χ1n) is 6.77. The van der Waals surface area contributed by atoms with Crippen molar-refractivity contribution >= 4 is 11.3 Å². The molecule has 100 valence electrons. The lowest BCUT2D eigenvalue weighted by Gasteiger charge is -2.14. The van der Waals surface area contributed by atoms with Gasteiger partial charge in [-0.05, 0) is 19.3 Å². The van der Waals surface area contributed by atoms with Gasteiger partial charge in [-0.25, -0.2) is 4.98 Å². The molecule has 1 aromatic rings. The van der Waals surface area contributed by atoms with E-state index in [2.05, 4.69) is 26.2 Å². The molecule has 0 saturated carbocycles. The van der Waals surface area contributed by atoms with Crippen LogP contribution in [0.4, 0.5) is 0 Å². The topological polar surface area (TPSA) is 33.1 Å². The molecule has 2 rings (SSSR count). The van der Waals surface area contributed by atoms with E-state index in [0.29, 0.717) is 0 Å². The molecule has 0 amide bonds. The number of hydrogen-bond donors (Lipinski definition) is 1. The highest BCUT2D eigenvalue weighted by Gasteiger charge is 2.18. The van der Waals surface area contributed by atoms with Crippen LogP contribution in [0.25, 0.3) is 0 Å². The molecular weight excluding hydrogens is 242 g/mol. The molecule has 3 heteroatoms. The van der Waals surface area contributed by atoms with Crippen LogP contribution in [0.5, 0.6) is 0 Å². The maximum atomic E-state index is 9.78. The first kappa shape index (κ1) is 13.8. The number of allylic oxidation sites excluding steroid dienone is 1. The van der Waals surface area contributed by atoms with E-state index in [-0.39, 0.29) is 11.5 Å². The average molecular weight is 265 g/mol. The van der Waals surface area contributed by atoms with Crippen molar-refractivity contribution in [3.05, 3.63) is 27.7 Å². The third kappa shape index (κ3) is 3.66. The third-order valence-electron chi connectivity index (χ3n) is 3.37. The van der Waals surface area contributed by atoms with Gasteiger partial charge in [0, 0.05) is 17.2 Å². The molecule has 1 atom stereocenters. The predicted molar refractivity (Wildman–Crippen MR) is 77.1 cm³/mol. The summed E-state index contributed by atoms with van der Waals surface area (Å²) in [6.45, 7) is 6.58. The number of aromatic nitrogens is 1. The first-order valence-corrected chi connectivity index (χ1v) is 7.65. The molecule has 1 heterocycles. The van der Waals surface area contributed by atoms with Gasteiger partial charge < -0.3 is 5.11 Å². The predicted octanol–water partition coefficient (Wildman–Crippen LogP) is 3.84. The minimum absolute atomic E-state index is 0.131. The summed E-state index contributed by atoms with van der Waals surface area (Å²) < 4.78 is 0. The van der Waals surface area contributed by atoms with E-state index in [9.17, 15) is 5.11 Å². The fraction of sp³-hybridized carbons (Fsp3) is 0.667. The van der Waals surface area contributed by atoms with Crippen molar-refractivity contribution in [2.45, 2.75) is 64.4 Å². The lowest BCUT2D eigenvalue weighted by Crippen LogP contribution is -2.11. The summed E-state index contributed by atoms with van der Waals surface area (Å²) in [6, 6.07) is 0. The van der Waals surface area contributed by atoms with Crippen molar-refractivity contribution in [1.82, 2.24) is 4.98 Å². The van der Waals surface area contributed by atoms with Gasteiger partial charge in [-0.1, -0.05) is 38.8 Å². The van der Waals surface area contributed by atoms with E-state index in [1.165, 1.54) is 22.7 Å². The van der Waals surface area contributed by atoms with Gasteiger partial charge in [-0.15, -0.1) is 11.3 Å². The fourth-order valence-corrected chi connectivity index (χ4v) is 3.30. The molecule has 18 heavy (non-hydrogen) atoms. The molecule has 1 aromatic heterocycles. The van der Waals surface area contributed by atoms with Crippen LogP contribution in [0.15, 0.2) is 17.0 Å². The Labute approximate surface area is 114 Å². The third-order valence-corrected chi connectivity index (χ3v) is 4.22. The Hall–Kier alpha value is -0.670. The molecular formula is C15H23NOS. The minimum atomic E-state index is -0.246. The fourth-order valence-electron chi connectivity index (χ4n) is 2.22. The Morgan fingerprint density at radius 2 is 2.17 bits per heavy atom. The van der Waals surface area contributed by atoms with Crippen LogP contribution in [0.1, 0.15) is 57.2 Å². The molecule has 0 aromatic carbocycles. The zero-order valence-electron chi connectivity index (χ0n) is 11.6. The van der Waals surface area contributed by atoms with E-state index in [1.54, 1.807) is 11.3 Å². The average Bonchev–Trinajstić information content (AvgIpc) is 2.63. The summed E-state index contributed by atoms with van der Waals surface area (Å²) in [4.78, 5) is 4.73. The highest BCUT2D eigenvalue weighted by atomic mass is 32.1. The Balaban J connectivity index is 2.07. The number of aliphatic hydroxyl groups excluding tert-OH is 1. The zero-order chi connectivity index (χ0) is 13.2. The van der Waals surface area contributed by atoms with Crippen LogP contribution in [0.2, 0.25) is 0 Å². The Morgan fingerprint density at radius 1 is 1.39 bits per heavy atom. The van der Waals surface area contributed by atoms with Gasteiger partial charge in [0.25, 0.3) is 0 Å². The molecule has 0 fully saturated rings. The second-order valence-corrected chi connectivity index (χ2v) is 7.13. The van der Waals surface area contributed by atoms with Crippen molar-refractivity contribution < 1.29 is 5.11 Å². The van der Waals surface area contributed by atoms with Gasteiger partial charge in [-0.3, -0.25) is 0 Å². The van der Waals surface area contributed by atoms with Crippen LogP contribution >= 0.6 is 11.3 Å². The van der Waals surface area contributed by atoms with E-state index in [0.717, 1.165) is 25.7 Å². The zero-order valence-corrected chi connectivity index (χ0v) is 12.4. The van der Waals surface area contributed by atoms with Crippen molar-refractivity contribution in [3.8, 4) is 0 Å². The summed E-state index contributed by atoms with van der Waals surface area (Å²) in [5, 5.41) is 13.1. The van der Waals surface area contributed by atoms with Crippen LogP contribution in [-0.2, 0) is 11.8 Å². The number of aliphatic hydroxyl groups is 1. The molecule has 0 bridgehead atoms. The van der Waals surface area contributed by atoms with E-state index < -0.39 is 0 Å². The van der Waals surface area contributed by atoms with E-state index in [4.69, 9.17) is 4.98 Å². The lowest BCUT2D eigenvalue weighted by atomic mass is 9.93.